The van der Waals surface area contributed by atoms with Crippen molar-refractivity contribution in [3.05, 3.63) is 80.8 Å². The Bertz CT molecular complexity index is 1080. The summed E-state index contributed by atoms with van der Waals surface area (Å²) in [6.07, 6.45) is 1.46. The molecule has 1 aliphatic heterocycles. The minimum Gasteiger partial charge on any atom is -0.497 e. The highest BCUT2D eigenvalue weighted by atomic mass is 16.5. The summed E-state index contributed by atoms with van der Waals surface area (Å²) in [4.78, 5) is 24.4. The van der Waals surface area contributed by atoms with Crippen LogP contribution in [-0.2, 0) is 17.6 Å². The van der Waals surface area contributed by atoms with E-state index in [0.29, 0.717) is 24.3 Å². The summed E-state index contributed by atoms with van der Waals surface area (Å²) in [5.74, 6) is 0.713. The molecule has 3 aromatic rings. The smallest absolute Gasteiger partial charge is 0.267 e. The maximum absolute atomic E-state index is 12.7. The van der Waals surface area contributed by atoms with Gasteiger partial charge in [0.15, 0.2) is 0 Å². The third kappa shape index (κ3) is 3.89. The number of ether oxygens (including phenoxy) is 2. The van der Waals surface area contributed by atoms with Crippen molar-refractivity contribution in [2.24, 2.45) is 5.73 Å². The first-order valence-corrected chi connectivity index (χ1v) is 9.51. The zero-order valence-corrected chi connectivity index (χ0v) is 16.2. The van der Waals surface area contributed by atoms with Gasteiger partial charge in [0, 0.05) is 36.4 Å². The molecule has 1 unspecified atom stereocenters. The van der Waals surface area contributed by atoms with Crippen LogP contribution in [-0.4, -0.2) is 29.8 Å². The number of nitrogens with two attached hydrogens (primary N) is 1. The zero-order chi connectivity index (χ0) is 20.4. The molecule has 0 radical (unpaired) electrons. The van der Waals surface area contributed by atoms with Crippen molar-refractivity contribution in [1.82, 2.24) is 10.2 Å². The molecule has 0 spiro atoms. The predicted molar refractivity (Wildman–Crippen MR) is 109 cm³/mol. The number of hydrogen-bond donors (Lipinski definition) is 3. The van der Waals surface area contributed by atoms with E-state index in [-0.39, 0.29) is 12.0 Å². The second-order valence-electron chi connectivity index (χ2n) is 7.18. The van der Waals surface area contributed by atoms with Gasteiger partial charge in [-0.3, -0.25) is 14.7 Å². The molecule has 0 saturated heterocycles. The molecule has 2 heterocycles. The Hall–Kier alpha value is -3.48. The number of amides is 1. The van der Waals surface area contributed by atoms with Crippen molar-refractivity contribution in [1.29, 1.82) is 0 Å². The molecule has 7 heteroatoms. The second kappa shape index (κ2) is 7.87. The fourth-order valence-electron chi connectivity index (χ4n) is 3.89. The predicted octanol–water partition coefficient (Wildman–Crippen LogP) is 2.24. The molecular weight excluding hydrogens is 370 g/mol. The minimum absolute atomic E-state index is 0.0400. The summed E-state index contributed by atoms with van der Waals surface area (Å²) in [6.45, 7) is 0.698. The number of fused-ring (bicyclic) bond motifs is 1. The van der Waals surface area contributed by atoms with Crippen LogP contribution in [0.1, 0.15) is 40.3 Å². The van der Waals surface area contributed by atoms with Gasteiger partial charge in [-0.15, -0.1) is 0 Å². The van der Waals surface area contributed by atoms with Crippen LogP contribution in [0.15, 0.2) is 47.3 Å². The fraction of sp³-hybridized carbons (Fsp3) is 0.273. The quantitative estimate of drug-likeness (QED) is 0.572. The summed E-state index contributed by atoms with van der Waals surface area (Å²) in [5, 5.41) is 5.66. The third-order valence-electron chi connectivity index (χ3n) is 5.30. The number of benzene rings is 2. The van der Waals surface area contributed by atoms with Crippen LogP contribution in [0.2, 0.25) is 0 Å². The van der Waals surface area contributed by atoms with Crippen molar-refractivity contribution in [3.63, 3.8) is 0 Å². The summed E-state index contributed by atoms with van der Waals surface area (Å²) < 4.78 is 10.8. The van der Waals surface area contributed by atoms with E-state index < -0.39 is 11.8 Å². The maximum Gasteiger partial charge on any atom is 0.267 e. The molecule has 0 bridgehead atoms. The van der Waals surface area contributed by atoms with Gasteiger partial charge >= 0.3 is 0 Å². The van der Waals surface area contributed by atoms with E-state index in [1.807, 2.05) is 36.4 Å². The normalized spacial score (nSPS) is 13.6. The summed E-state index contributed by atoms with van der Waals surface area (Å²) in [6, 6.07) is 13.4. The molecule has 4 N–H and O–H groups in total. The Labute approximate surface area is 167 Å². The van der Waals surface area contributed by atoms with E-state index in [0.717, 1.165) is 29.0 Å². The molecule has 0 aliphatic carbocycles. The highest BCUT2D eigenvalue weighted by Gasteiger charge is 2.25. The topological polar surface area (TPSA) is 110 Å². The molecule has 29 heavy (non-hydrogen) atoms. The van der Waals surface area contributed by atoms with Crippen molar-refractivity contribution in [3.8, 4) is 11.5 Å². The fourth-order valence-corrected chi connectivity index (χ4v) is 3.89. The lowest BCUT2D eigenvalue weighted by atomic mass is 9.87. The molecule has 0 fully saturated rings. The third-order valence-corrected chi connectivity index (χ3v) is 5.30. The number of rotatable bonds is 7. The Balaban J connectivity index is 1.70. The van der Waals surface area contributed by atoms with E-state index >= 15 is 0 Å². The van der Waals surface area contributed by atoms with Gasteiger partial charge in [0.05, 0.1) is 13.7 Å². The average Bonchev–Trinajstić information content (AvgIpc) is 3.32. The number of hydrogen-bond acceptors (Lipinski definition) is 4. The van der Waals surface area contributed by atoms with Gasteiger partial charge in [0.2, 0.25) is 5.91 Å². The summed E-state index contributed by atoms with van der Waals surface area (Å²) >= 11 is 0. The minimum atomic E-state index is -0.466. The first-order chi connectivity index (χ1) is 14.0. The van der Waals surface area contributed by atoms with Crippen LogP contribution < -0.4 is 20.8 Å². The zero-order valence-electron chi connectivity index (χ0n) is 16.2. The highest BCUT2D eigenvalue weighted by Crippen LogP contribution is 2.31. The molecule has 7 nitrogen and oxygen atoms in total. The van der Waals surface area contributed by atoms with Crippen LogP contribution >= 0.6 is 0 Å². The lowest BCUT2D eigenvalue weighted by Gasteiger charge is -2.16. The summed E-state index contributed by atoms with van der Waals surface area (Å²) in [5.41, 5.74) is 9.61. The highest BCUT2D eigenvalue weighted by molar-refractivity contribution is 5.75. The van der Waals surface area contributed by atoms with Gasteiger partial charge in [0.25, 0.3) is 5.56 Å². The van der Waals surface area contributed by atoms with Crippen molar-refractivity contribution in [2.75, 3.05) is 13.7 Å². The van der Waals surface area contributed by atoms with Gasteiger partial charge in [-0.25, -0.2) is 0 Å². The molecule has 4 rings (SSSR count). The Kier molecular flexibility index (Phi) is 5.12. The first kappa shape index (κ1) is 18.9. The standard InChI is InChI=1S/C22H23N3O4/c1-28-16-5-3-14(4-6-16)17(12-20(23)26)21-18(24-25-22(21)27)11-13-2-7-19-15(10-13)8-9-29-19/h2-7,10,17H,8-9,11-12H2,1H3,(H2,23,26)(H2,24,25,27). The number of H-pyrrole nitrogens is 2. The van der Waals surface area contributed by atoms with Gasteiger partial charge in [0.1, 0.15) is 11.5 Å². The van der Waals surface area contributed by atoms with Gasteiger partial charge in [-0.05, 0) is 34.9 Å². The van der Waals surface area contributed by atoms with E-state index in [9.17, 15) is 9.59 Å². The monoisotopic (exact) mass is 393 g/mol. The molecule has 1 aromatic heterocycles. The van der Waals surface area contributed by atoms with Crippen LogP contribution in [0.4, 0.5) is 0 Å². The van der Waals surface area contributed by atoms with Crippen molar-refractivity contribution < 1.29 is 14.3 Å². The van der Waals surface area contributed by atoms with E-state index in [1.165, 1.54) is 5.56 Å². The lowest BCUT2D eigenvalue weighted by Crippen LogP contribution is -2.21. The van der Waals surface area contributed by atoms with Crippen LogP contribution in [0.25, 0.3) is 0 Å². The second-order valence-corrected chi connectivity index (χ2v) is 7.18. The average molecular weight is 393 g/mol. The Morgan fingerprint density at radius 2 is 2.00 bits per heavy atom. The number of aromatic amines is 2. The number of primary amides is 1. The molecular formula is C22H23N3O4. The molecule has 1 aliphatic rings. The number of aromatic nitrogens is 2. The number of carbonyl (C=O) groups is 1. The Morgan fingerprint density at radius 1 is 1.21 bits per heavy atom. The van der Waals surface area contributed by atoms with Crippen LogP contribution in [0.5, 0.6) is 11.5 Å². The number of carbonyl (C=O) groups excluding carboxylic acids is 1. The lowest BCUT2D eigenvalue weighted by molar-refractivity contribution is -0.118. The van der Waals surface area contributed by atoms with E-state index in [2.05, 4.69) is 16.3 Å². The van der Waals surface area contributed by atoms with Crippen molar-refractivity contribution in [2.45, 2.75) is 25.2 Å². The molecule has 1 amide bonds. The van der Waals surface area contributed by atoms with Crippen molar-refractivity contribution >= 4 is 5.91 Å². The van der Waals surface area contributed by atoms with Gasteiger partial charge in [-0.2, -0.15) is 0 Å². The van der Waals surface area contributed by atoms with Gasteiger partial charge < -0.3 is 20.3 Å². The SMILES string of the molecule is COc1ccc(C(CC(N)=O)c2c(Cc3ccc4c(c3)CCO4)[nH][nH]c2=O)cc1. The molecule has 150 valence electrons. The largest absolute Gasteiger partial charge is 0.497 e. The van der Waals surface area contributed by atoms with E-state index in [1.54, 1.807) is 7.11 Å². The summed E-state index contributed by atoms with van der Waals surface area (Å²) in [7, 11) is 1.59. The number of nitrogens with one attached hydrogen (secondary N) is 2. The van der Waals surface area contributed by atoms with E-state index in [4.69, 9.17) is 15.2 Å². The Morgan fingerprint density at radius 3 is 2.72 bits per heavy atom. The molecule has 1 atom stereocenters. The van der Waals surface area contributed by atoms with Crippen LogP contribution in [0, 0.1) is 0 Å². The molecule has 2 aromatic carbocycles. The molecule has 0 saturated carbocycles. The van der Waals surface area contributed by atoms with Crippen LogP contribution in [0.3, 0.4) is 0 Å². The first-order valence-electron chi connectivity index (χ1n) is 9.51. The maximum atomic E-state index is 12.7. The number of methoxy groups -OCH3 is 1. The van der Waals surface area contributed by atoms with Gasteiger partial charge in [-0.1, -0.05) is 24.3 Å².